The molecular formula is C4H3N9. The fraction of sp³-hybridized carbons (Fsp3) is 0.250. The van der Waals surface area contributed by atoms with Crippen molar-refractivity contribution in [3.05, 3.63) is 26.7 Å². The van der Waals surface area contributed by atoms with Crippen molar-refractivity contribution in [1.29, 1.82) is 0 Å². The highest BCUT2D eigenvalue weighted by molar-refractivity contribution is 5.24. The third-order valence-electron chi connectivity index (χ3n) is 0.992. The highest BCUT2D eigenvalue weighted by atomic mass is 15.3. The van der Waals surface area contributed by atoms with E-state index in [1.54, 1.807) is 6.92 Å². The Kier molecular flexibility index (Phi) is 2.59. The lowest BCUT2D eigenvalue weighted by molar-refractivity contribution is 0.959. The Morgan fingerprint density at radius 3 is 1.85 bits per heavy atom. The summed E-state index contributed by atoms with van der Waals surface area (Å²) in [6.45, 7) is 1.56. The first-order valence-electron chi connectivity index (χ1n) is 3.09. The Hall–Kier alpha value is -2.37. The van der Waals surface area contributed by atoms with E-state index in [-0.39, 0.29) is 11.9 Å². The summed E-state index contributed by atoms with van der Waals surface area (Å²) in [5.74, 6) is 0.0922. The molecular weight excluding hydrogens is 174 g/mol. The maximum absolute atomic E-state index is 8.09. The zero-order chi connectivity index (χ0) is 9.68. The van der Waals surface area contributed by atoms with Crippen LogP contribution in [0.3, 0.4) is 0 Å². The van der Waals surface area contributed by atoms with Gasteiger partial charge in [0.25, 0.3) is 0 Å². The van der Waals surface area contributed by atoms with Crippen molar-refractivity contribution in [1.82, 2.24) is 15.0 Å². The van der Waals surface area contributed by atoms with Gasteiger partial charge in [-0.1, -0.05) is 0 Å². The molecule has 0 saturated heterocycles. The molecule has 1 rings (SSSR count). The summed E-state index contributed by atoms with van der Waals surface area (Å²) in [5.41, 5.74) is 16.2. The van der Waals surface area contributed by atoms with Crippen molar-refractivity contribution in [2.75, 3.05) is 0 Å². The van der Waals surface area contributed by atoms with Gasteiger partial charge >= 0.3 is 0 Å². The first-order valence-corrected chi connectivity index (χ1v) is 3.09. The van der Waals surface area contributed by atoms with Crippen molar-refractivity contribution in [3.63, 3.8) is 0 Å². The van der Waals surface area contributed by atoms with Crippen molar-refractivity contribution >= 4 is 11.9 Å². The molecule has 0 aliphatic heterocycles. The number of hydrogen-bond donors (Lipinski definition) is 0. The maximum Gasteiger partial charge on any atom is 0.220 e. The Bertz CT molecular complexity index is 373. The fourth-order valence-corrected chi connectivity index (χ4v) is 0.623. The number of rotatable bonds is 2. The van der Waals surface area contributed by atoms with Crippen LogP contribution in [-0.4, -0.2) is 15.0 Å². The number of aromatic nitrogens is 3. The molecule has 1 aromatic heterocycles. The summed E-state index contributed by atoms with van der Waals surface area (Å²) in [5, 5.41) is 6.29. The molecule has 0 spiro atoms. The van der Waals surface area contributed by atoms with Crippen LogP contribution in [0.4, 0.5) is 11.9 Å². The van der Waals surface area contributed by atoms with Gasteiger partial charge in [0, 0.05) is 9.82 Å². The smallest absolute Gasteiger partial charge is 0.212 e. The third kappa shape index (κ3) is 2.29. The van der Waals surface area contributed by atoms with Gasteiger partial charge in [-0.15, -0.1) is 0 Å². The van der Waals surface area contributed by atoms with E-state index in [0.29, 0.717) is 5.82 Å². The molecule has 0 bridgehead atoms. The second kappa shape index (κ2) is 3.86. The van der Waals surface area contributed by atoms with Crippen molar-refractivity contribution in [3.8, 4) is 0 Å². The van der Waals surface area contributed by atoms with Gasteiger partial charge in [0.05, 0.1) is 0 Å². The van der Waals surface area contributed by atoms with E-state index in [2.05, 4.69) is 35.0 Å². The zero-order valence-electron chi connectivity index (χ0n) is 6.52. The molecule has 1 heterocycles. The maximum atomic E-state index is 8.09. The first-order chi connectivity index (χ1) is 6.26. The largest absolute Gasteiger partial charge is 0.220 e. The first kappa shape index (κ1) is 8.72. The third-order valence-corrected chi connectivity index (χ3v) is 0.992. The summed E-state index contributed by atoms with van der Waals surface area (Å²) >= 11 is 0. The molecule has 0 unspecified atom stereocenters. The number of azide groups is 2. The van der Waals surface area contributed by atoms with Crippen LogP contribution in [0.2, 0.25) is 0 Å². The van der Waals surface area contributed by atoms with Gasteiger partial charge in [-0.2, -0.15) is 0 Å². The Labute approximate surface area is 71.7 Å². The molecule has 0 saturated carbocycles. The van der Waals surface area contributed by atoms with Crippen LogP contribution < -0.4 is 0 Å². The minimum atomic E-state index is -0.114. The van der Waals surface area contributed by atoms with E-state index in [1.807, 2.05) is 0 Å². The van der Waals surface area contributed by atoms with Gasteiger partial charge < -0.3 is 0 Å². The monoisotopic (exact) mass is 177 g/mol. The molecule has 9 nitrogen and oxygen atoms in total. The van der Waals surface area contributed by atoms with Crippen molar-refractivity contribution in [2.24, 2.45) is 10.2 Å². The molecule has 0 atom stereocenters. The van der Waals surface area contributed by atoms with E-state index in [4.69, 9.17) is 11.1 Å². The van der Waals surface area contributed by atoms with Crippen LogP contribution >= 0.6 is 0 Å². The summed E-state index contributed by atoms with van der Waals surface area (Å²) in [4.78, 5) is 15.9. The van der Waals surface area contributed by atoms with Crippen LogP contribution in [0, 0.1) is 6.92 Å². The van der Waals surface area contributed by atoms with Crippen LogP contribution in [0.1, 0.15) is 5.82 Å². The lowest BCUT2D eigenvalue weighted by Gasteiger charge is -1.94. The number of hydrogen-bond acceptors (Lipinski definition) is 5. The fourth-order valence-electron chi connectivity index (χ4n) is 0.623. The van der Waals surface area contributed by atoms with Gasteiger partial charge in [0.2, 0.25) is 11.9 Å². The van der Waals surface area contributed by atoms with E-state index in [1.165, 1.54) is 0 Å². The average molecular weight is 177 g/mol. The average Bonchev–Trinajstić information content (AvgIpc) is 2.04. The molecule has 0 aliphatic rings. The number of nitrogens with zero attached hydrogens (tertiary/aromatic N) is 9. The molecule has 9 heteroatoms. The minimum absolute atomic E-state index is 0.114. The quantitative estimate of drug-likeness (QED) is 0.388. The molecule has 0 aliphatic carbocycles. The van der Waals surface area contributed by atoms with Gasteiger partial charge in [-0.25, -0.2) is 15.0 Å². The highest BCUT2D eigenvalue weighted by Crippen LogP contribution is 2.10. The molecule has 0 N–H and O–H groups in total. The predicted octanol–water partition coefficient (Wildman–Crippen LogP) is 2.06. The minimum Gasteiger partial charge on any atom is -0.212 e. The van der Waals surface area contributed by atoms with Gasteiger partial charge in [-0.05, 0) is 28.2 Å². The SMILES string of the molecule is Cc1nc(N=[N+]=[N-])nc(N=[N+]=[N-])n1. The summed E-state index contributed by atoms with van der Waals surface area (Å²) in [6, 6.07) is 0. The topological polar surface area (TPSA) is 136 Å². The second-order valence-corrected chi connectivity index (χ2v) is 1.86. The van der Waals surface area contributed by atoms with E-state index < -0.39 is 0 Å². The zero-order valence-corrected chi connectivity index (χ0v) is 6.52. The van der Waals surface area contributed by atoms with Crippen LogP contribution in [0.15, 0.2) is 10.2 Å². The van der Waals surface area contributed by atoms with Crippen molar-refractivity contribution in [2.45, 2.75) is 6.92 Å². The summed E-state index contributed by atoms with van der Waals surface area (Å²) in [6.07, 6.45) is 0. The van der Waals surface area contributed by atoms with Gasteiger partial charge in [-0.3, -0.25) is 0 Å². The van der Waals surface area contributed by atoms with Crippen LogP contribution in [0.5, 0.6) is 0 Å². The highest BCUT2D eigenvalue weighted by Gasteiger charge is 1.98. The lowest BCUT2D eigenvalue weighted by Crippen LogP contribution is -1.89. The number of aryl methyl sites for hydroxylation is 1. The Morgan fingerprint density at radius 2 is 1.46 bits per heavy atom. The van der Waals surface area contributed by atoms with E-state index in [9.17, 15) is 0 Å². The van der Waals surface area contributed by atoms with Gasteiger partial charge in [0.15, 0.2) is 0 Å². The molecule has 0 radical (unpaired) electrons. The Morgan fingerprint density at radius 1 is 1.00 bits per heavy atom. The molecule has 0 aromatic carbocycles. The van der Waals surface area contributed by atoms with Crippen LogP contribution in [-0.2, 0) is 0 Å². The second-order valence-electron chi connectivity index (χ2n) is 1.86. The summed E-state index contributed by atoms with van der Waals surface area (Å²) in [7, 11) is 0. The molecule has 1 aromatic rings. The normalized spacial score (nSPS) is 8.38. The molecule has 0 amide bonds. The van der Waals surface area contributed by atoms with Crippen LogP contribution in [0.25, 0.3) is 20.9 Å². The van der Waals surface area contributed by atoms with Crippen molar-refractivity contribution < 1.29 is 0 Å². The lowest BCUT2D eigenvalue weighted by atomic mass is 10.7. The Balaban J connectivity index is 3.25. The van der Waals surface area contributed by atoms with Gasteiger partial charge in [0.1, 0.15) is 5.82 Å². The summed E-state index contributed by atoms with van der Waals surface area (Å²) < 4.78 is 0. The molecule has 0 fully saturated rings. The predicted molar refractivity (Wildman–Crippen MR) is 42.2 cm³/mol. The standard InChI is InChI=1S/C4H3N9/c1-2-7-3(10-12-5)9-4(8-2)11-13-6/h1H3. The van der Waals surface area contributed by atoms with E-state index in [0.717, 1.165) is 0 Å². The van der Waals surface area contributed by atoms with E-state index >= 15 is 0 Å². The molecule has 64 valence electrons. The molecule has 13 heavy (non-hydrogen) atoms.